The molecule has 2 aromatic rings. The van der Waals surface area contributed by atoms with Crippen molar-refractivity contribution < 1.29 is 29.3 Å². The maximum absolute atomic E-state index is 12.5. The highest BCUT2D eigenvalue weighted by Crippen LogP contribution is 2.74. The Bertz CT molecular complexity index is 1000. The number of hydrogen-bond donors (Lipinski definition) is 2. The van der Waals surface area contributed by atoms with Crippen molar-refractivity contribution in [1.29, 1.82) is 10.5 Å². The molecular formula is C22H18N2O6. The number of nitriles is 2. The third-order valence-electron chi connectivity index (χ3n) is 5.80. The summed E-state index contributed by atoms with van der Waals surface area (Å²) in [7, 11) is 2.69. The van der Waals surface area contributed by atoms with Gasteiger partial charge in [0.05, 0.1) is 26.4 Å². The molecule has 1 fully saturated rings. The van der Waals surface area contributed by atoms with Crippen molar-refractivity contribution in [2.75, 3.05) is 14.2 Å². The summed E-state index contributed by atoms with van der Waals surface area (Å²) in [5.41, 5.74) is -4.15. The highest BCUT2D eigenvalue weighted by atomic mass is 16.5. The van der Waals surface area contributed by atoms with Crippen LogP contribution in [0.1, 0.15) is 23.0 Å². The SMILES string of the molecule is COc1ccccc1C1C(C#N)(C(=O)O)C(c2ccccc2OC)C1(C#N)C(=O)O. The van der Waals surface area contributed by atoms with Crippen molar-refractivity contribution in [1.82, 2.24) is 0 Å². The highest BCUT2D eigenvalue weighted by Gasteiger charge is 2.81. The van der Waals surface area contributed by atoms with Crippen LogP contribution in [-0.2, 0) is 9.59 Å². The molecule has 2 N–H and O–H groups in total. The molecule has 2 aromatic carbocycles. The van der Waals surface area contributed by atoms with Gasteiger partial charge in [0.15, 0.2) is 10.8 Å². The van der Waals surface area contributed by atoms with E-state index >= 15 is 0 Å². The van der Waals surface area contributed by atoms with Crippen LogP contribution >= 0.6 is 0 Å². The minimum absolute atomic E-state index is 0.166. The summed E-state index contributed by atoms with van der Waals surface area (Å²) < 4.78 is 10.6. The van der Waals surface area contributed by atoms with Gasteiger partial charge in [-0.1, -0.05) is 36.4 Å². The van der Waals surface area contributed by atoms with Crippen LogP contribution in [0, 0.1) is 33.5 Å². The fourth-order valence-electron chi connectivity index (χ4n) is 4.59. The summed E-state index contributed by atoms with van der Waals surface area (Å²) in [6.07, 6.45) is 0. The number of methoxy groups -OCH3 is 2. The lowest BCUT2D eigenvalue weighted by molar-refractivity contribution is -0.177. The average molecular weight is 406 g/mol. The number of carboxylic acid groups (broad SMARTS) is 2. The van der Waals surface area contributed by atoms with Crippen molar-refractivity contribution in [3.63, 3.8) is 0 Å². The lowest BCUT2D eigenvalue weighted by Crippen LogP contribution is -2.66. The van der Waals surface area contributed by atoms with Crippen LogP contribution in [0.2, 0.25) is 0 Å². The summed E-state index contributed by atoms with van der Waals surface area (Å²) >= 11 is 0. The molecule has 1 aliphatic rings. The number of nitrogens with zero attached hydrogens (tertiary/aromatic N) is 2. The van der Waals surface area contributed by atoms with Gasteiger partial charge in [-0.15, -0.1) is 0 Å². The minimum atomic E-state index is -2.24. The van der Waals surface area contributed by atoms with Crippen molar-refractivity contribution in [3.05, 3.63) is 59.7 Å². The number of aliphatic carboxylic acids is 2. The fraction of sp³-hybridized carbons (Fsp3) is 0.273. The molecule has 0 unspecified atom stereocenters. The Hall–Kier alpha value is -4.04. The van der Waals surface area contributed by atoms with E-state index in [1.165, 1.54) is 38.5 Å². The molecule has 0 aromatic heterocycles. The Morgan fingerprint density at radius 1 is 0.800 bits per heavy atom. The Morgan fingerprint density at radius 2 is 1.13 bits per heavy atom. The molecule has 0 spiro atoms. The Balaban J connectivity index is 2.43. The van der Waals surface area contributed by atoms with Crippen LogP contribution in [0.15, 0.2) is 48.5 Å². The molecule has 1 aliphatic carbocycles. The first-order chi connectivity index (χ1) is 14.4. The average Bonchev–Trinajstić information content (AvgIpc) is 2.74. The fourth-order valence-corrected chi connectivity index (χ4v) is 4.59. The smallest absolute Gasteiger partial charge is 0.325 e. The summed E-state index contributed by atoms with van der Waals surface area (Å²) in [5, 5.41) is 40.5. The normalized spacial score (nSPS) is 27.1. The number of para-hydroxylation sites is 2. The topological polar surface area (TPSA) is 141 Å². The maximum Gasteiger partial charge on any atom is 0.325 e. The van der Waals surface area contributed by atoms with E-state index in [9.17, 15) is 30.3 Å². The maximum atomic E-state index is 12.5. The standard InChI is InChI=1S/C22H18N2O6/c1-29-15-9-5-3-7-13(15)17-21(11-23,19(25)26)18(22(17,12-24)20(27)28)14-8-4-6-10-16(14)30-2/h3-10,17-18H,1-2H3,(H,25,26)(H,27,28). The van der Waals surface area contributed by atoms with Gasteiger partial charge in [0.25, 0.3) is 0 Å². The van der Waals surface area contributed by atoms with E-state index in [2.05, 4.69) is 0 Å². The third kappa shape index (κ3) is 2.44. The molecule has 0 bridgehead atoms. The molecule has 0 aliphatic heterocycles. The number of benzene rings is 2. The molecule has 0 saturated heterocycles. The largest absolute Gasteiger partial charge is 0.496 e. The molecule has 0 atom stereocenters. The Morgan fingerprint density at radius 3 is 1.40 bits per heavy atom. The predicted octanol–water partition coefficient (Wildman–Crippen LogP) is 2.77. The van der Waals surface area contributed by atoms with Crippen molar-refractivity contribution in [3.8, 4) is 23.6 Å². The van der Waals surface area contributed by atoms with Gasteiger partial charge in [-0.2, -0.15) is 10.5 Å². The molecule has 152 valence electrons. The summed E-state index contributed by atoms with van der Waals surface area (Å²) in [6.45, 7) is 0. The van der Waals surface area contributed by atoms with Crippen LogP contribution in [0.3, 0.4) is 0 Å². The number of hydrogen-bond acceptors (Lipinski definition) is 6. The van der Waals surface area contributed by atoms with E-state index in [0.29, 0.717) is 0 Å². The highest BCUT2D eigenvalue weighted by molar-refractivity contribution is 5.94. The van der Waals surface area contributed by atoms with Gasteiger partial charge < -0.3 is 19.7 Å². The molecular weight excluding hydrogens is 388 g/mol. The second-order valence-electron chi connectivity index (χ2n) is 6.92. The summed E-state index contributed by atoms with van der Waals surface area (Å²) in [4.78, 5) is 25.0. The van der Waals surface area contributed by atoms with Gasteiger partial charge >= 0.3 is 11.9 Å². The van der Waals surface area contributed by atoms with Gasteiger partial charge in [0, 0.05) is 23.0 Å². The number of rotatable bonds is 6. The first-order valence-corrected chi connectivity index (χ1v) is 8.91. The van der Waals surface area contributed by atoms with Crippen molar-refractivity contribution in [2.45, 2.75) is 11.8 Å². The second-order valence-corrected chi connectivity index (χ2v) is 6.92. The van der Waals surface area contributed by atoms with Gasteiger partial charge in [-0.25, -0.2) is 0 Å². The van der Waals surface area contributed by atoms with E-state index in [4.69, 9.17) is 9.47 Å². The van der Waals surface area contributed by atoms with Gasteiger partial charge in [-0.3, -0.25) is 9.59 Å². The van der Waals surface area contributed by atoms with E-state index in [-0.39, 0.29) is 22.6 Å². The summed E-state index contributed by atoms with van der Waals surface area (Å²) in [6, 6.07) is 16.1. The Labute approximate surface area is 172 Å². The number of ether oxygens (including phenoxy) is 2. The number of carboxylic acids is 2. The molecule has 8 nitrogen and oxygen atoms in total. The van der Waals surface area contributed by atoms with Gasteiger partial charge in [0.2, 0.25) is 0 Å². The molecule has 1 saturated carbocycles. The predicted molar refractivity (Wildman–Crippen MR) is 103 cm³/mol. The van der Waals surface area contributed by atoms with Crippen LogP contribution in [0.5, 0.6) is 11.5 Å². The molecule has 0 heterocycles. The van der Waals surface area contributed by atoms with E-state index in [1.54, 1.807) is 24.3 Å². The van der Waals surface area contributed by atoms with Crippen molar-refractivity contribution >= 4 is 11.9 Å². The summed E-state index contributed by atoms with van der Waals surface area (Å²) in [5.74, 6) is -5.62. The second kappa shape index (κ2) is 7.41. The van der Waals surface area contributed by atoms with E-state index in [1.807, 2.05) is 12.1 Å². The zero-order valence-corrected chi connectivity index (χ0v) is 16.2. The zero-order valence-electron chi connectivity index (χ0n) is 16.2. The number of carbonyl (C=O) groups is 2. The molecule has 30 heavy (non-hydrogen) atoms. The molecule has 0 radical (unpaired) electrons. The lowest BCUT2D eigenvalue weighted by atomic mass is 9.36. The first kappa shape index (κ1) is 20.7. The van der Waals surface area contributed by atoms with Crippen LogP contribution in [0.25, 0.3) is 0 Å². The van der Waals surface area contributed by atoms with Crippen LogP contribution in [0.4, 0.5) is 0 Å². The van der Waals surface area contributed by atoms with Gasteiger partial charge in [-0.05, 0) is 12.1 Å². The molecule has 0 amide bonds. The van der Waals surface area contributed by atoms with Crippen LogP contribution < -0.4 is 9.47 Å². The van der Waals surface area contributed by atoms with Crippen molar-refractivity contribution in [2.24, 2.45) is 10.8 Å². The first-order valence-electron chi connectivity index (χ1n) is 8.91. The minimum Gasteiger partial charge on any atom is -0.496 e. The Kier molecular flexibility index (Phi) is 5.11. The van der Waals surface area contributed by atoms with E-state index < -0.39 is 34.6 Å². The van der Waals surface area contributed by atoms with Gasteiger partial charge in [0.1, 0.15) is 11.5 Å². The van der Waals surface area contributed by atoms with Crippen LogP contribution in [-0.4, -0.2) is 36.4 Å². The lowest BCUT2D eigenvalue weighted by Gasteiger charge is -2.58. The molecule has 3 rings (SSSR count). The quantitative estimate of drug-likeness (QED) is 0.746. The molecule has 8 heteroatoms. The third-order valence-corrected chi connectivity index (χ3v) is 5.80. The monoisotopic (exact) mass is 406 g/mol. The zero-order chi connectivity index (χ0) is 22.1. The van der Waals surface area contributed by atoms with E-state index in [0.717, 1.165) is 0 Å².